The van der Waals surface area contributed by atoms with E-state index < -0.39 is 0 Å². The fourth-order valence-electron chi connectivity index (χ4n) is 2.48. The molecule has 1 aromatic heterocycles. The Bertz CT molecular complexity index is 429. The third kappa shape index (κ3) is 3.45. The summed E-state index contributed by atoms with van der Waals surface area (Å²) in [7, 11) is 0. The van der Waals surface area contributed by atoms with Crippen LogP contribution >= 0.6 is 11.3 Å². The fraction of sp³-hybridized carbons (Fsp3) is 0.533. The van der Waals surface area contributed by atoms with Crippen LogP contribution in [-0.4, -0.2) is 35.6 Å². The zero-order valence-corrected chi connectivity index (χ0v) is 12.0. The molecule has 0 saturated heterocycles. The normalized spacial score (nSPS) is 14.6. The second-order valence-electron chi connectivity index (χ2n) is 4.88. The summed E-state index contributed by atoms with van der Waals surface area (Å²) < 4.78 is 0. The van der Waals surface area contributed by atoms with E-state index in [-0.39, 0.29) is 12.5 Å². The van der Waals surface area contributed by atoms with Crippen molar-refractivity contribution in [1.82, 2.24) is 4.90 Å². The van der Waals surface area contributed by atoms with Crippen LogP contribution in [0, 0.1) is 0 Å². The van der Waals surface area contributed by atoms with E-state index in [0.29, 0.717) is 13.1 Å². The number of hydrogen-bond donors (Lipinski definition) is 1. The number of aliphatic hydroxyl groups is 1. The van der Waals surface area contributed by atoms with Crippen molar-refractivity contribution in [3.8, 4) is 0 Å². The van der Waals surface area contributed by atoms with Crippen molar-refractivity contribution in [2.75, 3.05) is 19.7 Å². The van der Waals surface area contributed by atoms with Crippen LogP contribution in [0.15, 0.2) is 18.7 Å². The largest absolute Gasteiger partial charge is 0.395 e. The highest BCUT2D eigenvalue weighted by atomic mass is 32.1. The van der Waals surface area contributed by atoms with Gasteiger partial charge in [-0.3, -0.25) is 4.79 Å². The van der Waals surface area contributed by atoms with Crippen LogP contribution in [0.1, 0.15) is 39.4 Å². The zero-order chi connectivity index (χ0) is 13.7. The van der Waals surface area contributed by atoms with Gasteiger partial charge in [-0.05, 0) is 37.3 Å². The topological polar surface area (TPSA) is 40.5 Å². The smallest absolute Gasteiger partial charge is 0.264 e. The van der Waals surface area contributed by atoms with Crippen molar-refractivity contribution in [2.24, 2.45) is 0 Å². The van der Waals surface area contributed by atoms with Gasteiger partial charge in [-0.2, -0.15) is 0 Å². The SMILES string of the molecule is C=CCN(CCO)C(=O)c1cc2c(s1)CCCCC2. The van der Waals surface area contributed by atoms with Crippen molar-refractivity contribution in [2.45, 2.75) is 32.1 Å². The fourth-order valence-corrected chi connectivity index (χ4v) is 3.70. The number of hydrogen-bond acceptors (Lipinski definition) is 3. The van der Waals surface area contributed by atoms with Crippen LogP contribution in [0.5, 0.6) is 0 Å². The number of nitrogens with zero attached hydrogens (tertiary/aromatic N) is 1. The molecular formula is C15H21NO2S. The van der Waals surface area contributed by atoms with E-state index in [1.54, 1.807) is 22.3 Å². The highest BCUT2D eigenvalue weighted by molar-refractivity contribution is 7.14. The lowest BCUT2D eigenvalue weighted by Gasteiger charge is -2.18. The Morgan fingerprint density at radius 2 is 2.21 bits per heavy atom. The van der Waals surface area contributed by atoms with E-state index in [4.69, 9.17) is 5.11 Å². The predicted octanol–water partition coefficient (Wildman–Crippen LogP) is 2.64. The highest BCUT2D eigenvalue weighted by Crippen LogP contribution is 2.29. The molecule has 0 spiro atoms. The minimum absolute atomic E-state index is 0.00926. The second-order valence-corrected chi connectivity index (χ2v) is 6.02. The average molecular weight is 279 g/mol. The minimum Gasteiger partial charge on any atom is -0.395 e. The number of thiophene rings is 1. The van der Waals surface area contributed by atoms with Gasteiger partial charge < -0.3 is 10.0 Å². The molecule has 1 amide bonds. The van der Waals surface area contributed by atoms with E-state index >= 15 is 0 Å². The van der Waals surface area contributed by atoms with Crippen LogP contribution in [0.2, 0.25) is 0 Å². The average Bonchev–Trinajstić information content (AvgIpc) is 2.69. The summed E-state index contributed by atoms with van der Waals surface area (Å²) in [4.78, 5) is 16.2. The Kier molecular flexibility index (Phi) is 5.16. The summed E-state index contributed by atoms with van der Waals surface area (Å²) in [5.41, 5.74) is 1.36. The number of aliphatic hydroxyl groups excluding tert-OH is 1. The standard InChI is InChI=1S/C15H21NO2S/c1-2-8-16(9-10-17)15(18)14-11-12-6-4-3-5-7-13(12)19-14/h2,11,17H,1,3-10H2. The first-order chi connectivity index (χ1) is 9.26. The number of fused-ring (bicyclic) bond motifs is 1. The van der Waals surface area contributed by atoms with Gasteiger partial charge in [0.2, 0.25) is 0 Å². The highest BCUT2D eigenvalue weighted by Gasteiger charge is 2.20. The molecule has 1 heterocycles. The number of carbonyl (C=O) groups excluding carboxylic acids is 1. The molecule has 4 heteroatoms. The van der Waals surface area contributed by atoms with E-state index in [9.17, 15) is 4.79 Å². The first kappa shape index (κ1) is 14.3. The lowest BCUT2D eigenvalue weighted by molar-refractivity contribution is 0.0747. The van der Waals surface area contributed by atoms with Gasteiger partial charge in [0, 0.05) is 18.0 Å². The van der Waals surface area contributed by atoms with E-state index in [2.05, 4.69) is 12.6 Å². The number of carbonyl (C=O) groups is 1. The quantitative estimate of drug-likeness (QED) is 0.665. The Morgan fingerprint density at radius 3 is 2.95 bits per heavy atom. The molecule has 104 valence electrons. The molecule has 0 fully saturated rings. The molecule has 1 aromatic rings. The van der Waals surface area contributed by atoms with Gasteiger partial charge in [-0.1, -0.05) is 12.5 Å². The molecule has 1 aliphatic carbocycles. The van der Waals surface area contributed by atoms with E-state index in [0.717, 1.165) is 17.7 Å². The summed E-state index contributed by atoms with van der Waals surface area (Å²) in [5.74, 6) is 0.0204. The number of rotatable bonds is 5. The molecule has 0 saturated carbocycles. The monoisotopic (exact) mass is 279 g/mol. The maximum atomic E-state index is 12.4. The van der Waals surface area contributed by atoms with Gasteiger partial charge in [0.1, 0.15) is 0 Å². The molecule has 0 unspecified atom stereocenters. The maximum Gasteiger partial charge on any atom is 0.264 e. The Morgan fingerprint density at radius 1 is 1.42 bits per heavy atom. The van der Waals surface area contributed by atoms with Gasteiger partial charge in [-0.15, -0.1) is 17.9 Å². The summed E-state index contributed by atoms with van der Waals surface area (Å²) in [6.45, 7) is 4.51. The van der Waals surface area contributed by atoms with Crippen molar-refractivity contribution < 1.29 is 9.90 Å². The molecule has 0 atom stereocenters. The van der Waals surface area contributed by atoms with Crippen molar-refractivity contribution in [1.29, 1.82) is 0 Å². The number of aryl methyl sites for hydroxylation is 2. The van der Waals surface area contributed by atoms with Gasteiger partial charge in [0.25, 0.3) is 5.91 Å². The molecule has 19 heavy (non-hydrogen) atoms. The molecule has 1 N–H and O–H groups in total. The van der Waals surface area contributed by atoms with Crippen molar-refractivity contribution in [3.05, 3.63) is 34.0 Å². The van der Waals surface area contributed by atoms with Crippen molar-refractivity contribution >= 4 is 17.2 Å². The summed E-state index contributed by atoms with van der Waals surface area (Å²) >= 11 is 1.63. The third-order valence-electron chi connectivity index (χ3n) is 3.46. The third-order valence-corrected chi connectivity index (χ3v) is 4.69. The first-order valence-electron chi connectivity index (χ1n) is 6.89. The lowest BCUT2D eigenvalue weighted by atomic mass is 10.1. The van der Waals surface area contributed by atoms with Gasteiger partial charge in [-0.25, -0.2) is 0 Å². The van der Waals surface area contributed by atoms with E-state index in [1.807, 2.05) is 0 Å². The predicted molar refractivity (Wildman–Crippen MR) is 78.8 cm³/mol. The van der Waals surface area contributed by atoms with Gasteiger partial charge >= 0.3 is 0 Å². The maximum absolute atomic E-state index is 12.4. The summed E-state index contributed by atoms with van der Waals surface area (Å²) in [6.07, 6.45) is 7.65. The molecule has 0 bridgehead atoms. The first-order valence-corrected chi connectivity index (χ1v) is 7.70. The number of amides is 1. The second kappa shape index (κ2) is 6.87. The Balaban J connectivity index is 2.16. The molecule has 3 nitrogen and oxygen atoms in total. The minimum atomic E-state index is -0.00926. The molecular weight excluding hydrogens is 258 g/mol. The lowest BCUT2D eigenvalue weighted by Crippen LogP contribution is -2.33. The van der Waals surface area contributed by atoms with Crippen molar-refractivity contribution in [3.63, 3.8) is 0 Å². The van der Waals surface area contributed by atoms with Crippen LogP contribution in [0.25, 0.3) is 0 Å². The van der Waals surface area contributed by atoms with Gasteiger partial charge in [0.15, 0.2) is 0 Å². The zero-order valence-electron chi connectivity index (χ0n) is 11.2. The van der Waals surface area contributed by atoms with Gasteiger partial charge in [0.05, 0.1) is 11.5 Å². The molecule has 0 aliphatic heterocycles. The van der Waals surface area contributed by atoms with Crippen LogP contribution in [0.4, 0.5) is 0 Å². The molecule has 0 radical (unpaired) electrons. The molecule has 1 aliphatic rings. The summed E-state index contributed by atoms with van der Waals surface area (Å²) in [6, 6.07) is 2.06. The van der Waals surface area contributed by atoms with Crippen LogP contribution in [-0.2, 0) is 12.8 Å². The summed E-state index contributed by atoms with van der Waals surface area (Å²) in [5, 5.41) is 9.03. The molecule has 0 aromatic carbocycles. The Labute approximate surface area is 118 Å². The van der Waals surface area contributed by atoms with Crippen LogP contribution < -0.4 is 0 Å². The van der Waals surface area contributed by atoms with E-state index in [1.165, 1.54) is 29.7 Å². The Hall–Kier alpha value is -1.13. The molecule has 2 rings (SSSR count). The van der Waals surface area contributed by atoms with Crippen LogP contribution in [0.3, 0.4) is 0 Å².